The minimum Gasteiger partial charge on any atom is -0.492 e. The molecule has 1 unspecified atom stereocenters. The number of fused-ring (bicyclic) bond motifs is 1. The van der Waals surface area contributed by atoms with Crippen LogP contribution in [0.25, 0.3) is 0 Å². The van der Waals surface area contributed by atoms with Crippen LogP contribution in [0.5, 0.6) is 5.75 Å². The Morgan fingerprint density at radius 3 is 2.62 bits per heavy atom. The van der Waals surface area contributed by atoms with Gasteiger partial charge in [0.25, 0.3) is 11.8 Å². The van der Waals surface area contributed by atoms with Crippen molar-refractivity contribution in [3.8, 4) is 5.75 Å². The molecule has 0 saturated carbocycles. The fourth-order valence-electron chi connectivity index (χ4n) is 3.04. The van der Waals surface area contributed by atoms with Gasteiger partial charge >= 0.3 is 0 Å². The predicted molar refractivity (Wildman–Crippen MR) is 94.4 cm³/mol. The van der Waals surface area contributed by atoms with Gasteiger partial charge in [0.2, 0.25) is 0 Å². The van der Waals surface area contributed by atoms with Gasteiger partial charge in [-0.05, 0) is 12.1 Å². The summed E-state index contributed by atoms with van der Waals surface area (Å²) in [5.41, 5.74) is 7.39. The van der Waals surface area contributed by atoms with Gasteiger partial charge in [-0.25, -0.2) is 0 Å². The molecule has 1 atom stereocenters. The zero-order valence-corrected chi connectivity index (χ0v) is 15.0. The van der Waals surface area contributed by atoms with Crippen LogP contribution in [-0.2, 0) is 9.47 Å². The van der Waals surface area contributed by atoms with Crippen molar-refractivity contribution in [1.29, 1.82) is 0 Å². The lowest BCUT2D eigenvalue weighted by Gasteiger charge is -2.27. The van der Waals surface area contributed by atoms with Gasteiger partial charge in [-0.2, -0.15) is 0 Å². The van der Waals surface area contributed by atoms with E-state index in [9.17, 15) is 9.59 Å². The molecule has 1 fully saturated rings. The van der Waals surface area contributed by atoms with E-state index in [0.29, 0.717) is 49.7 Å². The third kappa shape index (κ3) is 3.98. The van der Waals surface area contributed by atoms with Gasteiger partial charge in [0.15, 0.2) is 6.29 Å². The fourth-order valence-corrected chi connectivity index (χ4v) is 3.04. The third-order valence-corrected chi connectivity index (χ3v) is 4.52. The summed E-state index contributed by atoms with van der Waals surface area (Å²) in [6.45, 7) is 3.82. The van der Waals surface area contributed by atoms with Gasteiger partial charge in [0, 0.05) is 37.1 Å². The van der Waals surface area contributed by atoms with Crippen molar-refractivity contribution < 1.29 is 23.8 Å². The Kier molecular flexibility index (Phi) is 5.75. The van der Waals surface area contributed by atoms with E-state index in [0.717, 1.165) is 5.56 Å². The Labute approximate surface area is 152 Å². The summed E-state index contributed by atoms with van der Waals surface area (Å²) in [7, 11) is 1.55. The molecule has 4 N–H and O–H groups in total. The van der Waals surface area contributed by atoms with Gasteiger partial charge in [-0.1, -0.05) is 6.92 Å². The zero-order chi connectivity index (χ0) is 18.7. The first-order valence-corrected chi connectivity index (χ1v) is 8.79. The first-order chi connectivity index (χ1) is 12.5. The second-order valence-corrected chi connectivity index (χ2v) is 6.63. The number of nitrogens with one attached hydrogen (secondary N) is 2. The SMILES string of the molecule is CNC(=O)c1cc(C(=O)NCC[C@H]2OC[C@H](N)CO2)cc2c1OCC2C. The number of carbonyl (C=O) groups excluding carboxylic acids is 2. The molecular weight excluding hydrogens is 338 g/mol. The monoisotopic (exact) mass is 363 g/mol. The van der Waals surface area contributed by atoms with Crippen LogP contribution in [0, 0.1) is 0 Å². The van der Waals surface area contributed by atoms with Crippen molar-refractivity contribution in [2.24, 2.45) is 5.73 Å². The highest BCUT2D eigenvalue weighted by Crippen LogP contribution is 2.37. The van der Waals surface area contributed by atoms with Crippen LogP contribution >= 0.6 is 0 Å². The van der Waals surface area contributed by atoms with Crippen molar-refractivity contribution in [1.82, 2.24) is 10.6 Å². The van der Waals surface area contributed by atoms with Gasteiger partial charge in [0.05, 0.1) is 31.4 Å². The fraction of sp³-hybridized carbons (Fsp3) is 0.556. The molecule has 0 spiro atoms. The van der Waals surface area contributed by atoms with Crippen LogP contribution in [-0.4, -0.2) is 57.6 Å². The van der Waals surface area contributed by atoms with E-state index in [1.54, 1.807) is 19.2 Å². The molecule has 0 bridgehead atoms. The average molecular weight is 363 g/mol. The normalized spacial score (nSPS) is 24.5. The number of hydrogen-bond donors (Lipinski definition) is 3. The van der Waals surface area contributed by atoms with Crippen LogP contribution in [0.2, 0.25) is 0 Å². The van der Waals surface area contributed by atoms with E-state index >= 15 is 0 Å². The summed E-state index contributed by atoms with van der Waals surface area (Å²) in [5.74, 6) is 0.179. The topological polar surface area (TPSA) is 112 Å². The smallest absolute Gasteiger partial charge is 0.254 e. The zero-order valence-electron chi connectivity index (χ0n) is 15.0. The van der Waals surface area contributed by atoms with Gasteiger partial charge in [-0.3, -0.25) is 9.59 Å². The molecule has 2 aliphatic heterocycles. The van der Waals surface area contributed by atoms with Crippen molar-refractivity contribution in [3.05, 3.63) is 28.8 Å². The molecule has 1 saturated heterocycles. The maximum Gasteiger partial charge on any atom is 0.254 e. The largest absolute Gasteiger partial charge is 0.492 e. The number of nitrogens with two attached hydrogens (primary N) is 1. The Bertz CT molecular complexity index is 686. The Morgan fingerprint density at radius 1 is 1.19 bits per heavy atom. The molecule has 8 nitrogen and oxygen atoms in total. The molecule has 2 amide bonds. The van der Waals surface area contributed by atoms with E-state index in [4.69, 9.17) is 19.9 Å². The van der Waals surface area contributed by atoms with Crippen LogP contribution in [0.15, 0.2) is 12.1 Å². The highest BCUT2D eigenvalue weighted by atomic mass is 16.7. The van der Waals surface area contributed by atoms with Crippen molar-refractivity contribution >= 4 is 11.8 Å². The summed E-state index contributed by atoms with van der Waals surface area (Å²) < 4.78 is 16.5. The number of ether oxygens (including phenoxy) is 3. The van der Waals surface area contributed by atoms with E-state index < -0.39 is 0 Å². The first kappa shape index (κ1) is 18.6. The van der Waals surface area contributed by atoms with E-state index in [1.165, 1.54) is 0 Å². The Morgan fingerprint density at radius 2 is 1.92 bits per heavy atom. The standard InChI is InChI=1S/C18H25N3O5/c1-10-7-26-16-13(10)5-11(6-14(16)18(23)20-2)17(22)21-4-3-15-24-8-12(19)9-25-15/h5-6,10,12,15H,3-4,7-9,19H2,1-2H3,(H,20,23)(H,21,22)/t10?,12-,15-. The van der Waals surface area contributed by atoms with Gasteiger partial charge < -0.3 is 30.6 Å². The van der Waals surface area contributed by atoms with Crippen LogP contribution < -0.4 is 21.1 Å². The molecule has 3 rings (SSSR count). The maximum absolute atomic E-state index is 12.5. The van der Waals surface area contributed by atoms with Crippen molar-refractivity contribution in [2.45, 2.75) is 31.6 Å². The minimum atomic E-state index is -0.357. The molecular formula is C18H25N3O5. The van der Waals surface area contributed by atoms with Crippen LogP contribution in [0.1, 0.15) is 45.5 Å². The number of benzene rings is 1. The third-order valence-electron chi connectivity index (χ3n) is 4.52. The molecule has 142 valence electrons. The Hall–Kier alpha value is -2.16. The van der Waals surface area contributed by atoms with Crippen LogP contribution in [0.3, 0.4) is 0 Å². The van der Waals surface area contributed by atoms with E-state index in [-0.39, 0.29) is 30.1 Å². The number of hydrogen-bond acceptors (Lipinski definition) is 6. The lowest BCUT2D eigenvalue weighted by atomic mass is 9.97. The van der Waals surface area contributed by atoms with Crippen molar-refractivity contribution in [2.75, 3.05) is 33.4 Å². The quantitative estimate of drug-likeness (QED) is 0.697. The second kappa shape index (κ2) is 8.03. The van der Waals surface area contributed by atoms with Gasteiger partial charge in [0.1, 0.15) is 5.75 Å². The molecule has 0 radical (unpaired) electrons. The van der Waals surface area contributed by atoms with Crippen molar-refractivity contribution in [3.63, 3.8) is 0 Å². The molecule has 2 aliphatic rings. The van der Waals surface area contributed by atoms with Crippen LogP contribution in [0.4, 0.5) is 0 Å². The highest BCUT2D eigenvalue weighted by molar-refractivity contribution is 6.02. The number of carbonyl (C=O) groups is 2. The summed E-state index contributed by atoms with van der Waals surface area (Å²) in [5, 5.41) is 5.43. The first-order valence-electron chi connectivity index (χ1n) is 8.79. The molecule has 2 heterocycles. The number of rotatable bonds is 5. The molecule has 1 aromatic rings. The van der Waals surface area contributed by atoms with E-state index in [1.807, 2.05) is 6.92 Å². The molecule has 8 heteroatoms. The lowest BCUT2D eigenvalue weighted by molar-refractivity contribution is -0.186. The second-order valence-electron chi connectivity index (χ2n) is 6.63. The Balaban J connectivity index is 1.65. The molecule has 0 aliphatic carbocycles. The predicted octanol–water partition coefficient (Wildman–Crippen LogP) is 0.362. The summed E-state index contributed by atoms with van der Waals surface area (Å²) in [4.78, 5) is 24.7. The molecule has 1 aromatic carbocycles. The lowest BCUT2D eigenvalue weighted by Crippen LogP contribution is -2.42. The molecule has 0 aromatic heterocycles. The number of amides is 2. The summed E-state index contributed by atoms with van der Waals surface area (Å²) in [6.07, 6.45) is 0.176. The molecule has 26 heavy (non-hydrogen) atoms. The average Bonchev–Trinajstić information content (AvgIpc) is 3.03. The summed E-state index contributed by atoms with van der Waals surface area (Å²) in [6, 6.07) is 3.26. The minimum absolute atomic E-state index is 0.0976. The highest BCUT2D eigenvalue weighted by Gasteiger charge is 2.28. The maximum atomic E-state index is 12.5. The van der Waals surface area contributed by atoms with E-state index in [2.05, 4.69) is 10.6 Å². The van der Waals surface area contributed by atoms with Gasteiger partial charge in [-0.15, -0.1) is 0 Å². The summed E-state index contributed by atoms with van der Waals surface area (Å²) >= 11 is 0.